The van der Waals surface area contributed by atoms with Gasteiger partial charge < -0.3 is 4.74 Å². The van der Waals surface area contributed by atoms with E-state index in [0.29, 0.717) is 13.0 Å². The molecule has 1 aromatic rings. The Labute approximate surface area is 125 Å². The number of carbonyl (C=O) groups excluding carboxylic acids is 2. The van der Waals surface area contributed by atoms with Crippen molar-refractivity contribution < 1.29 is 14.3 Å². The van der Waals surface area contributed by atoms with E-state index in [1.807, 2.05) is 45.0 Å². The molecule has 2 aliphatic rings. The van der Waals surface area contributed by atoms with Crippen LogP contribution >= 0.6 is 0 Å². The summed E-state index contributed by atoms with van der Waals surface area (Å²) in [7, 11) is 0. The highest BCUT2D eigenvalue weighted by Gasteiger charge is 2.54. The molecule has 1 unspecified atom stereocenters. The highest BCUT2D eigenvalue weighted by molar-refractivity contribution is 6.09. The topological polar surface area (TPSA) is 46.6 Å². The lowest BCUT2D eigenvalue weighted by Gasteiger charge is -2.34. The number of amides is 1. The molecule has 1 fully saturated rings. The number of likely N-dealkylation sites (tertiary alicyclic amines) is 1. The Morgan fingerprint density at radius 2 is 2.00 bits per heavy atom. The van der Waals surface area contributed by atoms with Gasteiger partial charge in [0.15, 0.2) is 5.78 Å². The van der Waals surface area contributed by atoms with Gasteiger partial charge in [-0.1, -0.05) is 24.3 Å². The summed E-state index contributed by atoms with van der Waals surface area (Å²) in [5.41, 5.74) is 0.535. The highest BCUT2D eigenvalue weighted by atomic mass is 16.6. The molecule has 0 radical (unpaired) electrons. The van der Waals surface area contributed by atoms with Crippen molar-refractivity contribution in [1.29, 1.82) is 0 Å². The quantitative estimate of drug-likeness (QED) is 0.736. The molecule has 4 heteroatoms. The molecule has 1 atom stereocenters. The second kappa shape index (κ2) is 4.58. The Hall–Kier alpha value is -1.84. The van der Waals surface area contributed by atoms with Gasteiger partial charge in [-0.2, -0.15) is 0 Å². The third kappa shape index (κ3) is 2.23. The fourth-order valence-electron chi connectivity index (χ4n) is 3.42. The van der Waals surface area contributed by atoms with E-state index in [9.17, 15) is 9.59 Å². The minimum absolute atomic E-state index is 0.0708. The van der Waals surface area contributed by atoms with Crippen LogP contribution in [0.3, 0.4) is 0 Å². The van der Waals surface area contributed by atoms with Gasteiger partial charge in [0.2, 0.25) is 0 Å². The Morgan fingerprint density at radius 1 is 1.29 bits per heavy atom. The van der Waals surface area contributed by atoms with Crippen LogP contribution in [0.2, 0.25) is 0 Å². The highest BCUT2D eigenvalue weighted by Crippen LogP contribution is 2.42. The molecule has 1 aliphatic heterocycles. The SMILES string of the molecule is CC(C)(C)OC(=O)N1CCCC12Cc1ccccc1C2=O. The van der Waals surface area contributed by atoms with Crippen molar-refractivity contribution in [2.24, 2.45) is 0 Å². The van der Waals surface area contributed by atoms with Gasteiger partial charge in [0.05, 0.1) is 0 Å². The van der Waals surface area contributed by atoms with E-state index >= 15 is 0 Å². The van der Waals surface area contributed by atoms with Crippen molar-refractivity contribution in [3.8, 4) is 0 Å². The van der Waals surface area contributed by atoms with Crippen molar-refractivity contribution >= 4 is 11.9 Å². The molecule has 112 valence electrons. The van der Waals surface area contributed by atoms with Crippen molar-refractivity contribution in [2.75, 3.05) is 6.54 Å². The molecule has 0 N–H and O–H groups in total. The van der Waals surface area contributed by atoms with E-state index in [1.54, 1.807) is 4.90 Å². The third-order valence-corrected chi connectivity index (χ3v) is 4.27. The Kier molecular flexibility index (Phi) is 3.08. The summed E-state index contributed by atoms with van der Waals surface area (Å²) in [6.45, 7) is 6.13. The maximum Gasteiger partial charge on any atom is 0.411 e. The summed E-state index contributed by atoms with van der Waals surface area (Å²) in [5, 5.41) is 0. The fraction of sp³-hybridized carbons (Fsp3) is 0.529. The number of rotatable bonds is 0. The average Bonchev–Trinajstić information content (AvgIpc) is 2.92. The number of carbonyl (C=O) groups is 2. The normalized spacial score (nSPS) is 24.5. The van der Waals surface area contributed by atoms with E-state index < -0.39 is 11.1 Å². The summed E-state index contributed by atoms with van der Waals surface area (Å²) in [4.78, 5) is 27.0. The molecule has 0 saturated carbocycles. The molecule has 21 heavy (non-hydrogen) atoms. The van der Waals surface area contributed by atoms with Crippen LogP contribution in [0, 0.1) is 0 Å². The van der Waals surface area contributed by atoms with Crippen LogP contribution in [-0.4, -0.2) is 34.5 Å². The van der Waals surface area contributed by atoms with Gasteiger partial charge in [-0.3, -0.25) is 9.69 Å². The molecule has 1 amide bonds. The van der Waals surface area contributed by atoms with Crippen LogP contribution in [0.5, 0.6) is 0 Å². The van der Waals surface area contributed by atoms with Crippen LogP contribution in [0.25, 0.3) is 0 Å². The van der Waals surface area contributed by atoms with Crippen LogP contribution < -0.4 is 0 Å². The van der Waals surface area contributed by atoms with Gasteiger partial charge in [-0.25, -0.2) is 4.79 Å². The lowest BCUT2D eigenvalue weighted by molar-refractivity contribution is 0.0101. The second-order valence-electron chi connectivity index (χ2n) is 6.93. The van der Waals surface area contributed by atoms with Gasteiger partial charge in [-0.15, -0.1) is 0 Å². The van der Waals surface area contributed by atoms with Crippen LogP contribution in [0.1, 0.15) is 49.5 Å². The Morgan fingerprint density at radius 3 is 2.67 bits per heavy atom. The summed E-state index contributed by atoms with van der Waals surface area (Å²) in [6, 6.07) is 7.66. The zero-order valence-electron chi connectivity index (χ0n) is 12.8. The number of ether oxygens (including phenoxy) is 1. The minimum atomic E-state index is -0.716. The zero-order chi connectivity index (χ0) is 15.3. The molecule has 3 rings (SSSR count). The molecule has 0 aromatic heterocycles. The van der Waals surface area contributed by atoms with Gasteiger partial charge in [0, 0.05) is 18.5 Å². The Balaban J connectivity index is 1.92. The molecule has 1 saturated heterocycles. The van der Waals surface area contributed by atoms with Crippen molar-refractivity contribution in [3.63, 3.8) is 0 Å². The lowest BCUT2D eigenvalue weighted by atomic mass is 9.91. The monoisotopic (exact) mass is 287 g/mol. The summed E-state index contributed by atoms with van der Waals surface area (Å²) < 4.78 is 5.49. The number of fused-ring (bicyclic) bond motifs is 1. The Bertz CT molecular complexity index is 602. The number of Topliss-reactive ketones (excluding diaryl/α,β-unsaturated/α-hetero) is 1. The number of nitrogens with zero attached hydrogens (tertiary/aromatic N) is 1. The third-order valence-electron chi connectivity index (χ3n) is 4.27. The molecule has 1 aromatic carbocycles. The molecule has 4 nitrogen and oxygen atoms in total. The summed E-state index contributed by atoms with van der Waals surface area (Å²) >= 11 is 0. The first-order valence-corrected chi connectivity index (χ1v) is 7.47. The van der Waals surface area contributed by atoms with E-state index in [-0.39, 0.29) is 11.9 Å². The van der Waals surface area contributed by atoms with Crippen molar-refractivity contribution in [1.82, 2.24) is 4.90 Å². The minimum Gasteiger partial charge on any atom is -0.444 e. The molecule has 1 aliphatic carbocycles. The molecular weight excluding hydrogens is 266 g/mol. The van der Waals surface area contributed by atoms with Crippen molar-refractivity contribution in [2.45, 2.75) is 51.2 Å². The van der Waals surface area contributed by atoms with Gasteiger partial charge in [0.1, 0.15) is 11.1 Å². The maximum absolute atomic E-state index is 12.9. The first-order valence-electron chi connectivity index (χ1n) is 7.47. The van der Waals surface area contributed by atoms with E-state index in [0.717, 1.165) is 24.0 Å². The molecule has 1 spiro atoms. The van der Waals surface area contributed by atoms with E-state index in [1.165, 1.54) is 0 Å². The standard InChI is InChI=1S/C17H21NO3/c1-16(2,3)21-15(20)18-10-6-9-17(18)11-12-7-4-5-8-13(12)14(17)19/h4-5,7-8H,6,9-11H2,1-3H3. The number of benzene rings is 1. The lowest BCUT2D eigenvalue weighted by Crippen LogP contribution is -2.53. The first kappa shape index (κ1) is 14.1. The van der Waals surface area contributed by atoms with Crippen LogP contribution in [0.15, 0.2) is 24.3 Å². The van der Waals surface area contributed by atoms with Crippen LogP contribution in [0.4, 0.5) is 4.79 Å². The van der Waals surface area contributed by atoms with E-state index in [2.05, 4.69) is 0 Å². The summed E-state index contributed by atoms with van der Waals surface area (Å²) in [5.74, 6) is 0.0708. The van der Waals surface area contributed by atoms with E-state index in [4.69, 9.17) is 4.74 Å². The number of hydrogen-bond acceptors (Lipinski definition) is 3. The number of ketones is 1. The van der Waals surface area contributed by atoms with Crippen LogP contribution in [-0.2, 0) is 11.2 Å². The first-order chi connectivity index (χ1) is 9.83. The van der Waals surface area contributed by atoms with Crippen molar-refractivity contribution in [3.05, 3.63) is 35.4 Å². The predicted molar refractivity (Wildman–Crippen MR) is 79.4 cm³/mol. The largest absolute Gasteiger partial charge is 0.444 e. The smallest absolute Gasteiger partial charge is 0.411 e. The van der Waals surface area contributed by atoms with Gasteiger partial charge in [-0.05, 0) is 39.2 Å². The van der Waals surface area contributed by atoms with Gasteiger partial charge in [0.25, 0.3) is 0 Å². The molecule has 1 heterocycles. The average molecular weight is 287 g/mol. The number of hydrogen-bond donors (Lipinski definition) is 0. The molecular formula is C17H21NO3. The summed E-state index contributed by atoms with van der Waals surface area (Å²) in [6.07, 6.45) is 1.81. The molecule has 0 bridgehead atoms. The predicted octanol–water partition coefficient (Wildman–Crippen LogP) is 3.20. The second-order valence-corrected chi connectivity index (χ2v) is 6.93. The maximum atomic E-state index is 12.9. The zero-order valence-corrected chi connectivity index (χ0v) is 12.8. The van der Waals surface area contributed by atoms with Gasteiger partial charge >= 0.3 is 6.09 Å². The fourth-order valence-corrected chi connectivity index (χ4v) is 3.42.